The molecule has 0 spiro atoms. The molecular formula is C31H35F4N5O5S. The molecular weight excluding hydrogens is 630 g/mol. The van der Waals surface area contributed by atoms with Crippen molar-refractivity contribution in [3.63, 3.8) is 0 Å². The van der Waals surface area contributed by atoms with Gasteiger partial charge in [0.25, 0.3) is 5.91 Å². The number of likely N-dealkylation sites (tertiary alicyclic amines) is 1. The molecule has 1 amide bonds. The third-order valence-corrected chi connectivity index (χ3v) is 9.28. The molecule has 3 aromatic rings. The number of rotatable bonds is 8. The van der Waals surface area contributed by atoms with Crippen LogP contribution in [0.2, 0.25) is 0 Å². The number of benzene rings is 2. The Labute approximate surface area is 264 Å². The van der Waals surface area contributed by atoms with Crippen molar-refractivity contribution in [2.24, 2.45) is 5.92 Å². The first-order valence-corrected chi connectivity index (χ1v) is 16.6. The molecule has 248 valence electrons. The molecule has 2 N–H and O–H groups in total. The normalized spacial score (nSPS) is 22.3. The molecule has 3 heterocycles. The van der Waals surface area contributed by atoms with Crippen molar-refractivity contribution in [2.75, 3.05) is 51.5 Å². The Morgan fingerprint density at radius 2 is 2.00 bits per heavy atom. The molecule has 15 heteroatoms. The lowest BCUT2D eigenvalue weighted by molar-refractivity contribution is -0.139. The zero-order valence-corrected chi connectivity index (χ0v) is 26.3. The lowest BCUT2D eigenvalue weighted by Crippen LogP contribution is -2.59. The van der Waals surface area contributed by atoms with E-state index in [0.29, 0.717) is 31.2 Å². The number of alkyl halides is 4. The van der Waals surface area contributed by atoms with Crippen molar-refractivity contribution in [2.45, 2.75) is 49.2 Å². The summed E-state index contributed by atoms with van der Waals surface area (Å²) in [5.74, 6) is 5.19. The van der Waals surface area contributed by atoms with Gasteiger partial charge in [0, 0.05) is 37.6 Å². The smallest absolute Gasteiger partial charge is 0.406 e. The van der Waals surface area contributed by atoms with Crippen LogP contribution in [0, 0.1) is 17.8 Å². The average Bonchev–Trinajstić information content (AvgIpc) is 3.66. The first-order valence-electron chi connectivity index (χ1n) is 14.7. The zero-order chi connectivity index (χ0) is 33.2. The summed E-state index contributed by atoms with van der Waals surface area (Å²) in [5.41, 5.74) is 0.673. The molecule has 46 heavy (non-hydrogen) atoms. The van der Waals surface area contributed by atoms with E-state index < -0.39 is 40.7 Å². The fourth-order valence-corrected chi connectivity index (χ4v) is 6.54. The van der Waals surface area contributed by atoms with Crippen LogP contribution in [-0.2, 0) is 21.1 Å². The molecule has 0 radical (unpaired) electrons. The fraction of sp³-hybridized carbons (Fsp3) is 0.484. The number of carbonyl (C=O) groups excluding carboxylic acids is 1. The van der Waals surface area contributed by atoms with E-state index in [1.165, 1.54) is 37.4 Å². The van der Waals surface area contributed by atoms with Crippen molar-refractivity contribution in [1.29, 1.82) is 0 Å². The van der Waals surface area contributed by atoms with Gasteiger partial charge in [-0.3, -0.25) is 9.69 Å². The van der Waals surface area contributed by atoms with Crippen LogP contribution in [0.1, 0.15) is 29.3 Å². The second kappa shape index (κ2) is 13.5. The summed E-state index contributed by atoms with van der Waals surface area (Å²) >= 11 is 0. The SMILES string of the molecule is COc1ccc(S(C)(=O)=O)cc1NCC#Cc1cc(C(=O)N[C@@H]2[C@@H](C)CN(C3CCOC3)C[C@@H]2F)c2ncn(CC(F)(F)F)c2c1. The third kappa shape index (κ3) is 7.73. The molecule has 2 aliphatic rings. The monoisotopic (exact) mass is 665 g/mol. The van der Waals surface area contributed by atoms with Crippen LogP contribution in [0.4, 0.5) is 23.2 Å². The maximum atomic E-state index is 15.4. The van der Waals surface area contributed by atoms with E-state index >= 15 is 4.39 Å². The summed E-state index contributed by atoms with van der Waals surface area (Å²) in [6.45, 7) is 2.40. The Bertz CT molecular complexity index is 1750. The van der Waals surface area contributed by atoms with Gasteiger partial charge < -0.3 is 24.7 Å². The molecule has 1 unspecified atom stereocenters. The van der Waals surface area contributed by atoms with E-state index in [2.05, 4.69) is 27.5 Å². The van der Waals surface area contributed by atoms with Crippen LogP contribution in [0.15, 0.2) is 41.6 Å². The minimum Gasteiger partial charge on any atom is -0.495 e. The summed E-state index contributed by atoms with van der Waals surface area (Å²) < 4.78 is 91.1. The number of ether oxygens (including phenoxy) is 2. The van der Waals surface area contributed by atoms with Crippen LogP contribution in [0.25, 0.3) is 11.0 Å². The molecule has 1 aromatic heterocycles. The number of carbonyl (C=O) groups is 1. The molecule has 10 nitrogen and oxygen atoms in total. The van der Waals surface area contributed by atoms with Gasteiger partial charge in [-0.05, 0) is 42.7 Å². The number of anilines is 1. The number of imidazole rings is 1. The van der Waals surface area contributed by atoms with Gasteiger partial charge in [-0.1, -0.05) is 18.8 Å². The number of nitrogens with zero attached hydrogens (tertiary/aromatic N) is 3. The van der Waals surface area contributed by atoms with Crippen molar-refractivity contribution >= 4 is 32.5 Å². The summed E-state index contributed by atoms with van der Waals surface area (Å²) in [7, 11) is -2.05. The quantitative estimate of drug-likeness (QED) is 0.277. The minimum atomic E-state index is -4.55. The number of hydrogen-bond donors (Lipinski definition) is 2. The van der Waals surface area contributed by atoms with E-state index in [9.17, 15) is 26.4 Å². The summed E-state index contributed by atoms with van der Waals surface area (Å²) in [6.07, 6.45) is -3.00. The lowest BCUT2D eigenvalue weighted by Gasteiger charge is -2.41. The summed E-state index contributed by atoms with van der Waals surface area (Å²) in [6, 6.07) is 6.47. The van der Waals surface area contributed by atoms with Gasteiger partial charge in [0.05, 0.1) is 54.3 Å². The first-order chi connectivity index (χ1) is 21.7. The number of fused-ring (bicyclic) bond motifs is 1. The zero-order valence-electron chi connectivity index (χ0n) is 25.5. The maximum Gasteiger partial charge on any atom is 0.406 e. The molecule has 0 saturated carbocycles. The standard InChI is InChI=1S/C31H35F4N5O5S/c1-19-14-39(21-8-10-45-16-21)15-24(32)28(19)38-30(41)23-11-20(12-26-29(23)37-18-40(26)17-31(33,34)35)5-4-9-36-25-13-22(46(3,42)43)6-7-27(25)44-2/h6-7,11-13,18-19,21,24,28,36H,8-10,14-17H2,1-3H3,(H,38,41)/t19-,21?,24-,28+/m0/s1. The minimum absolute atomic E-state index is 0.0105. The molecule has 2 fully saturated rings. The van der Waals surface area contributed by atoms with Crippen LogP contribution in [-0.4, -0.2) is 99.4 Å². The van der Waals surface area contributed by atoms with Crippen LogP contribution in [0.5, 0.6) is 5.75 Å². The van der Waals surface area contributed by atoms with E-state index in [1.54, 1.807) is 0 Å². The Hall–Kier alpha value is -3.87. The topological polar surface area (TPSA) is 115 Å². The highest BCUT2D eigenvalue weighted by molar-refractivity contribution is 7.90. The van der Waals surface area contributed by atoms with Gasteiger partial charge in [0.2, 0.25) is 0 Å². The van der Waals surface area contributed by atoms with Crippen molar-refractivity contribution in [1.82, 2.24) is 19.8 Å². The predicted molar refractivity (Wildman–Crippen MR) is 163 cm³/mol. The highest BCUT2D eigenvalue weighted by atomic mass is 32.2. The van der Waals surface area contributed by atoms with E-state index in [0.717, 1.165) is 23.6 Å². The van der Waals surface area contributed by atoms with Crippen LogP contribution in [0.3, 0.4) is 0 Å². The summed E-state index contributed by atoms with van der Waals surface area (Å²) in [5, 5.41) is 5.76. The highest BCUT2D eigenvalue weighted by Gasteiger charge is 2.39. The number of halogens is 4. The van der Waals surface area contributed by atoms with Gasteiger partial charge in [0.1, 0.15) is 24.0 Å². The Balaban J connectivity index is 1.40. The Morgan fingerprint density at radius 3 is 2.65 bits per heavy atom. The van der Waals surface area contributed by atoms with E-state index in [-0.39, 0.29) is 52.1 Å². The summed E-state index contributed by atoms with van der Waals surface area (Å²) in [4.78, 5) is 19.8. The van der Waals surface area contributed by atoms with E-state index in [4.69, 9.17) is 9.47 Å². The second-order valence-electron chi connectivity index (χ2n) is 11.6. The van der Waals surface area contributed by atoms with Gasteiger partial charge in [-0.2, -0.15) is 13.2 Å². The number of hydrogen-bond acceptors (Lipinski definition) is 8. The highest BCUT2D eigenvalue weighted by Crippen LogP contribution is 2.29. The predicted octanol–water partition coefficient (Wildman–Crippen LogP) is 3.65. The van der Waals surface area contributed by atoms with Gasteiger partial charge >= 0.3 is 6.18 Å². The number of nitrogens with one attached hydrogen (secondary N) is 2. The number of aromatic nitrogens is 2. The molecule has 2 aliphatic heterocycles. The van der Waals surface area contributed by atoms with Crippen LogP contribution >= 0.6 is 0 Å². The second-order valence-corrected chi connectivity index (χ2v) is 13.6. The molecule has 0 aliphatic carbocycles. The Morgan fingerprint density at radius 1 is 1.22 bits per heavy atom. The number of piperidine rings is 1. The maximum absolute atomic E-state index is 15.4. The number of methoxy groups -OCH3 is 1. The third-order valence-electron chi connectivity index (χ3n) is 8.17. The molecule has 2 aromatic carbocycles. The fourth-order valence-electron chi connectivity index (χ4n) is 5.89. The molecule has 2 saturated heterocycles. The lowest BCUT2D eigenvalue weighted by atomic mass is 9.90. The van der Waals surface area contributed by atoms with Gasteiger partial charge in [0.15, 0.2) is 9.84 Å². The largest absolute Gasteiger partial charge is 0.495 e. The van der Waals surface area contributed by atoms with Crippen molar-refractivity contribution in [3.05, 3.63) is 47.8 Å². The molecule has 5 rings (SSSR count). The number of sulfone groups is 1. The van der Waals surface area contributed by atoms with Gasteiger partial charge in [-0.25, -0.2) is 17.8 Å². The Kier molecular flexibility index (Phi) is 9.81. The molecule has 0 bridgehead atoms. The van der Waals surface area contributed by atoms with Crippen LogP contribution < -0.4 is 15.4 Å². The first kappa shape index (κ1) is 33.5. The molecule has 4 atom stereocenters. The van der Waals surface area contributed by atoms with E-state index in [1.807, 2.05) is 11.8 Å². The van der Waals surface area contributed by atoms with Crippen molar-refractivity contribution in [3.8, 4) is 17.6 Å². The average molecular weight is 666 g/mol. The van der Waals surface area contributed by atoms with Crippen molar-refractivity contribution < 1.29 is 40.2 Å². The van der Waals surface area contributed by atoms with Gasteiger partial charge in [-0.15, -0.1) is 0 Å². The number of amides is 1.